The number of hydrogen-bond donors (Lipinski definition) is 0. The second-order valence-electron chi connectivity index (χ2n) is 3.50. The molecular formula is C13H11Te+. The van der Waals surface area contributed by atoms with Crippen LogP contribution in [0.4, 0.5) is 0 Å². The van der Waals surface area contributed by atoms with Gasteiger partial charge in [-0.05, 0) is 0 Å². The Bertz CT molecular complexity index is 551. The van der Waals surface area contributed by atoms with Crippen molar-refractivity contribution in [3.8, 4) is 0 Å². The van der Waals surface area contributed by atoms with E-state index in [2.05, 4.69) is 53.5 Å². The zero-order chi connectivity index (χ0) is 9.54. The van der Waals surface area contributed by atoms with E-state index in [1.807, 2.05) is 0 Å². The van der Waals surface area contributed by atoms with Gasteiger partial charge in [-0.15, -0.1) is 0 Å². The van der Waals surface area contributed by atoms with E-state index in [9.17, 15) is 0 Å². The molecule has 0 N–H and O–H groups in total. The van der Waals surface area contributed by atoms with Crippen LogP contribution in [0.15, 0.2) is 48.5 Å². The Morgan fingerprint density at radius 1 is 0.714 bits per heavy atom. The normalized spacial score (nSPS) is 11.2. The van der Waals surface area contributed by atoms with Crippen molar-refractivity contribution in [1.82, 2.24) is 0 Å². The molecule has 0 saturated carbocycles. The first-order valence-corrected chi connectivity index (χ1v) is 9.38. The summed E-state index contributed by atoms with van der Waals surface area (Å²) in [6.07, 6.45) is 0. The summed E-state index contributed by atoms with van der Waals surface area (Å²) in [5, 5.41) is 2.98. The minimum atomic E-state index is -1.16. The van der Waals surface area contributed by atoms with Gasteiger partial charge in [-0.25, -0.2) is 0 Å². The zero-order valence-corrected chi connectivity index (χ0v) is 10.4. The molecule has 0 fully saturated rings. The van der Waals surface area contributed by atoms with E-state index in [0.717, 1.165) is 0 Å². The summed E-state index contributed by atoms with van der Waals surface area (Å²) in [6.45, 7) is 0. The average molecular weight is 295 g/mol. The SMILES string of the molecule is C[te+]1c2ccccc2c2ccccc21. The molecule has 1 heteroatoms. The summed E-state index contributed by atoms with van der Waals surface area (Å²) in [6, 6.07) is 17.8. The average Bonchev–Trinajstić information content (AvgIpc) is 2.55. The van der Waals surface area contributed by atoms with E-state index in [-0.39, 0.29) is 0 Å². The summed E-state index contributed by atoms with van der Waals surface area (Å²) in [5.41, 5.74) is 0. The Balaban J connectivity index is 2.69. The Kier molecular flexibility index (Phi) is 1.90. The molecule has 0 nitrogen and oxygen atoms in total. The molecule has 0 saturated heterocycles. The minimum absolute atomic E-state index is 1.16. The first-order valence-electron chi connectivity index (χ1n) is 4.72. The molecule has 0 radical (unpaired) electrons. The summed E-state index contributed by atoms with van der Waals surface area (Å²) < 4.78 is 3.27. The summed E-state index contributed by atoms with van der Waals surface area (Å²) in [4.78, 5) is 2.45. The molecule has 0 aliphatic carbocycles. The third-order valence-electron chi connectivity index (χ3n) is 2.72. The van der Waals surface area contributed by atoms with Gasteiger partial charge in [-0.2, -0.15) is 0 Å². The number of benzene rings is 2. The predicted octanol–water partition coefficient (Wildman–Crippen LogP) is 3.27. The molecule has 0 bridgehead atoms. The van der Waals surface area contributed by atoms with E-state index in [1.165, 1.54) is 10.8 Å². The molecule has 0 spiro atoms. The second kappa shape index (κ2) is 3.12. The monoisotopic (exact) mass is 297 g/mol. The fourth-order valence-electron chi connectivity index (χ4n) is 2.03. The van der Waals surface area contributed by atoms with Crippen molar-refractivity contribution < 1.29 is 0 Å². The van der Waals surface area contributed by atoms with Gasteiger partial charge in [0, 0.05) is 0 Å². The predicted molar refractivity (Wildman–Crippen MR) is 64.0 cm³/mol. The summed E-state index contributed by atoms with van der Waals surface area (Å²) in [5.74, 6) is 0. The van der Waals surface area contributed by atoms with Crippen molar-refractivity contribution in [1.29, 1.82) is 0 Å². The van der Waals surface area contributed by atoms with Crippen LogP contribution in [0, 0.1) is 0 Å². The number of rotatable bonds is 0. The molecule has 3 rings (SSSR count). The van der Waals surface area contributed by atoms with Crippen LogP contribution in [-0.2, 0) is 4.97 Å². The van der Waals surface area contributed by atoms with E-state index >= 15 is 0 Å². The van der Waals surface area contributed by atoms with Crippen LogP contribution in [0.3, 0.4) is 0 Å². The van der Waals surface area contributed by atoms with Crippen LogP contribution in [-0.4, -0.2) is 19.1 Å². The quantitative estimate of drug-likeness (QED) is 0.558. The van der Waals surface area contributed by atoms with E-state index in [4.69, 9.17) is 0 Å². The van der Waals surface area contributed by atoms with Crippen LogP contribution in [0.25, 0.3) is 17.6 Å². The molecule has 0 aliphatic rings. The zero-order valence-electron chi connectivity index (χ0n) is 8.03. The first kappa shape index (κ1) is 8.53. The number of hydrogen-bond acceptors (Lipinski definition) is 0. The molecule has 1 aromatic heterocycles. The molecule has 2 aromatic carbocycles. The van der Waals surface area contributed by atoms with Gasteiger partial charge in [-0.1, -0.05) is 0 Å². The molecule has 0 unspecified atom stereocenters. The van der Waals surface area contributed by atoms with Crippen LogP contribution in [0.1, 0.15) is 0 Å². The van der Waals surface area contributed by atoms with Crippen molar-refractivity contribution in [2.75, 3.05) is 0 Å². The fourth-order valence-corrected chi connectivity index (χ4v) is 7.22. The van der Waals surface area contributed by atoms with Crippen molar-refractivity contribution >= 4 is 36.6 Å². The summed E-state index contributed by atoms with van der Waals surface area (Å²) in [7, 11) is 0. The Labute approximate surface area is 90.0 Å². The number of aryl methyl sites for hydroxylation is 1. The topological polar surface area (TPSA) is 0 Å². The van der Waals surface area contributed by atoms with Gasteiger partial charge in [0.1, 0.15) is 0 Å². The maximum atomic E-state index is 2.45. The van der Waals surface area contributed by atoms with Gasteiger partial charge in [0.2, 0.25) is 0 Å². The fraction of sp³-hybridized carbons (Fsp3) is 0.0769. The van der Waals surface area contributed by atoms with Gasteiger partial charge in [0.05, 0.1) is 0 Å². The van der Waals surface area contributed by atoms with Crippen molar-refractivity contribution in [2.24, 2.45) is 4.97 Å². The molecule has 0 aliphatic heterocycles. The van der Waals surface area contributed by atoms with E-state index < -0.39 is 19.1 Å². The van der Waals surface area contributed by atoms with Gasteiger partial charge >= 0.3 is 90.1 Å². The van der Waals surface area contributed by atoms with E-state index in [1.54, 1.807) is 6.80 Å². The molecular weight excluding hydrogens is 284 g/mol. The molecule has 3 aromatic rings. The van der Waals surface area contributed by atoms with Crippen LogP contribution in [0.2, 0.25) is 0 Å². The Morgan fingerprint density at radius 3 is 1.64 bits per heavy atom. The summed E-state index contributed by atoms with van der Waals surface area (Å²) >= 11 is -1.16. The molecule has 0 atom stereocenters. The standard InChI is InChI=1S/C13H11Te/c1-14-12-8-4-2-6-10(12)11-7-3-5-9-13(11)14/h2-9H,1H3/q+1. The molecule has 68 valence electrons. The van der Waals surface area contributed by atoms with Gasteiger partial charge < -0.3 is 0 Å². The van der Waals surface area contributed by atoms with Gasteiger partial charge in [0.25, 0.3) is 0 Å². The Morgan fingerprint density at radius 2 is 1.14 bits per heavy atom. The molecule has 1 heterocycles. The number of fused-ring (bicyclic) bond motifs is 3. The van der Waals surface area contributed by atoms with Crippen molar-refractivity contribution in [3.63, 3.8) is 0 Å². The van der Waals surface area contributed by atoms with Gasteiger partial charge in [0.15, 0.2) is 0 Å². The second-order valence-corrected chi connectivity index (χ2v) is 8.93. The van der Waals surface area contributed by atoms with Crippen LogP contribution >= 0.6 is 0 Å². The van der Waals surface area contributed by atoms with Crippen LogP contribution in [0.5, 0.6) is 0 Å². The van der Waals surface area contributed by atoms with Gasteiger partial charge in [-0.3, -0.25) is 0 Å². The van der Waals surface area contributed by atoms with E-state index in [0.29, 0.717) is 0 Å². The third-order valence-corrected chi connectivity index (χ3v) is 8.52. The van der Waals surface area contributed by atoms with Crippen molar-refractivity contribution in [3.05, 3.63) is 48.5 Å². The third kappa shape index (κ3) is 1.06. The Hall–Kier alpha value is -0.770. The molecule has 0 amide bonds. The maximum absolute atomic E-state index is 2.45. The molecule has 14 heavy (non-hydrogen) atoms. The van der Waals surface area contributed by atoms with Crippen LogP contribution < -0.4 is 0 Å². The van der Waals surface area contributed by atoms with Crippen molar-refractivity contribution in [2.45, 2.75) is 0 Å². The first-order chi connectivity index (χ1) is 6.88.